The molecule has 18 heavy (non-hydrogen) atoms. The Bertz CT molecular complexity index is 476. The van der Waals surface area contributed by atoms with Crippen LogP contribution in [0.15, 0.2) is 24.3 Å². The van der Waals surface area contributed by atoms with Gasteiger partial charge >= 0.3 is 10.4 Å². The van der Waals surface area contributed by atoms with E-state index in [1.807, 2.05) is 7.05 Å². The van der Waals surface area contributed by atoms with Crippen LogP contribution >= 0.6 is 0 Å². The first-order valence-corrected chi connectivity index (χ1v) is 6.30. The van der Waals surface area contributed by atoms with Crippen molar-refractivity contribution in [3.63, 3.8) is 0 Å². The second-order valence-electron chi connectivity index (χ2n) is 3.67. The molecule has 0 aliphatic rings. The summed E-state index contributed by atoms with van der Waals surface area (Å²) in [7, 11) is -2.86. The van der Waals surface area contributed by atoms with Gasteiger partial charge in [0.05, 0.1) is 0 Å². The molecule has 0 bridgehead atoms. The Morgan fingerprint density at radius 1 is 1.33 bits per heavy atom. The van der Waals surface area contributed by atoms with Crippen molar-refractivity contribution < 1.29 is 17.5 Å². The normalized spacial score (nSPS) is 10.2. The SMILES string of the molecule is Cc1ccc(CN(C)C(=N)N)cc1.O=S(=O)(O)O. The highest BCUT2D eigenvalue weighted by atomic mass is 32.3. The minimum absolute atomic E-state index is 0.0978. The van der Waals surface area contributed by atoms with Gasteiger partial charge in [-0.15, -0.1) is 0 Å². The number of nitrogens with one attached hydrogen (secondary N) is 1. The van der Waals surface area contributed by atoms with E-state index in [1.165, 1.54) is 11.1 Å². The molecule has 8 heteroatoms. The molecule has 0 amide bonds. The topological polar surface area (TPSA) is 128 Å². The third-order valence-corrected chi connectivity index (χ3v) is 1.95. The molecule has 0 atom stereocenters. The van der Waals surface area contributed by atoms with Gasteiger partial charge in [0.2, 0.25) is 0 Å². The lowest BCUT2D eigenvalue weighted by atomic mass is 10.1. The lowest BCUT2D eigenvalue weighted by Crippen LogP contribution is -2.32. The molecule has 0 aromatic heterocycles. The minimum atomic E-state index is -4.67. The molecule has 0 spiro atoms. The molecule has 0 saturated carbocycles. The van der Waals surface area contributed by atoms with Gasteiger partial charge in [0.25, 0.3) is 0 Å². The highest BCUT2D eigenvalue weighted by molar-refractivity contribution is 7.79. The van der Waals surface area contributed by atoms with Crippen molar-refractivity contribution in [1.29, 1.82) is 5.41 Å². The number of aryl methyl sites for hydroxylation is 1. The average Bonchev–Trinajstić information content (AvgIpc) is 2.18. The zero-order valence-corrected chi connectivity index (χ0v) is 11.0. The van der Waals surface area contributed by atoms with Crippen LogP contribution in [0.2, 0.25) is 0 Å². The van der Waals surface area contributed by atoms with Crippen LogP contribution in [0.4, 0.5) is 0 Å². The molecule has 0 saturated heterocycles. The number of rotatable bonds is 2. The summed E-state index contributed by atoms with van der Waals surface area (Å²) >= 11 is 0. The fourth-order valence-corrected chi connectivity index (χ4v) is 1.05. The van der Waals surface area contributed by atoms with Gasteiger partial charge < -0.3 is 10.6 Å². The summed E-state index contributed by atoms with van der Waals surface area (Å²) in [6.07, 6.45) is 0. The summed E-state index contributed by atoms with van der Waals surface area (Å²) in [6.45, 7) is 2.74. The van der Waals surface area contributed by atoms with E-state index in [9.17, 15) is 0 Å². The van der Waals surface area contributed by atoms with Crippen LogP contribution in [0.1, 0.15) is 11.1 Å². The maximum absolute atomic E-state index is 8.74. The molecule has 0 fully saturated rings. The number of nitrogens with zero attached hydrogens (tertiary/aromatic N) is 1. The van der Waals surface area contributed by atoms with Crippen LogP contribution < -0.4 is 5.73 Å². The minimum Gasteiger partial charge on any atom is -0.370 e. The van der Waals surface area contributed by atoms with Crippen molar-refractivity contribution in [2.45, 2.75) is 13.5 Å². The van der Waals surface area contributed by atoms with Gasteiger partial charge in [0.15, 0.2) is 5.96 Å². The Kier molecular flexibility index (Phi) is 6.31. The monoisotopic (exact) mass is 275 g/mol. The van der Waals surface area contributed by atoms with E-state index in [0.29, 0.717) is 6.54 Å². The van der Waals surface area contributed by atoms with Gasteiger partial charge in [0.1, 0.15) is 0 Å². The second kappa shape index (κ2) is 6.94. The maximum Gasteiger partial charge on any atom is 0.394 e. The smallest absolute Gasteiger partial charge is 0.370 e. The van der Waals surface area contributed by atoms with E-state index in [1.54, 1.807) is 4.90 Å². The molecule has 0 heterocycles. The Labute approximate surface area is 106 Å². The van der Waals surface area contributed by atoms with Crippen molar-refractivity contribution in [2.75, 3.05) is 7.05 Å². The van der Waals surface area contributed by atoms with Crippen LogP contribution in [-0.4, -0.2) is 35.4 Å². The van der Waals surface area contributed by atoms with E-state index < -0.39 is 10.4 Å². The molecule has 0 unspecified atom stereocenters. The zero-order chi connectivity index (χ0) is 14.3. The quantitative estimate of drug-likeness (QED) is 0.357. The Morgan fingerprint density at radius 2 is 1.72 bits per heavy atom. The van der Waals surface area contributed by atoms with Gasteiger partial charge in [0, 0.05) is 13.6 Å². The highest BCUT2D eigenvalue weighted by Crippen LogP contribution is 2.04. The number of nitrogens with two attached hydrogens (primary N) is 1. The molecule has 0 aliphatic carbocycles. The Balaban J connectivity index is 0.000000494. The third kappa shape index (κ3) is 9.58. The van der Waals surface area contributed by atoms with Crippen molar-refractivity contribution in [3.05, 3.63) is 35.4 Å². The molecule has 102 valence electrons. The van der Waals surface area contributed by atoms with Gasteiger partial charge in [-0.1, -0.05) is 29.8 Å². The summed E-state index contributed by atoms with van der Waals surface area (Å²) < 4.78 is 31.6. The van der Waals surface area contributed by atoms with Crippen LogP contribution in [0, 0.1) is 12.3 Å². The van der Waals surface area contributed by atoms with Crippen LogP contribution in [-0.2, 0) is 16.9 Å². The molecule has 7 nitrogen and oxygen atoms in total. The average molecular weight is 275 g/mol. The molecule has 5 N–H and O–H groups in total. The van der Waals surface area contributed by atoms with E-state index in [-0.39, 0.29) is 5.96 Å². The van der Waals surface area contributed by atoms with Gasteiger partial charge in [-0.2, -0.15) is 8.42 Å². The molecule has 1 rings (SSSR count). The van der Waals surface area contributed by atoms with E-state index in [2.05, 4.69) is 31.2 Å². The van der Waals surface area contributed by atoms with Crippen LogP contribution in [0.3, 0.4) is 0 Å². The first-order valence-electron chi connectivity index (χ1n) is 4.90. The van der Waals surface area contributed by atoms with Crippen molar-refractivity contribution in [2.24, 2.45) is 5.73 Å². The van der Waals surface area contributed by atoms with E-state index in [4.69, 9.17) is 28.7 Å². The molecule has 1 aromatic rings. The van der Waals surface area contributed by atoms with Gasteiger partial charge in [-0.3, -0.25) is 14.5 Å². The van der Waals surface area contributed by atoms with E-state index >= 15 is 0 Å². The molecular weight excluding hydrogens is 258 g/mol. The van der Waals surface area contributed by atoms with Crippen molar-refractivity contribution >= 4 is 16.4 Å². The number of guanidine groups is 1. The largest absolute Gasteiger partial charge is 0.394 e. The summed E-state index contributed by atoms with van der Waals surface area (Å²) in [4.78, 5) is 1.70. The third-order valence-electron chi connectivity index (χ3n) is 1.95. The highest BCUT2D eigenvalue weighted by Gasteiger charge is 1.99. The number of hydrogen-bond acceptors (Lipinski definition) is 3. The fraction of sp³-hybridized carbons (Fsp3) is 0.300. The summed E-state index contributed by atoms with van der Waals surface area (Å²) in [5.41, 5.74) is 7.74. The number of hydrogen-bond donors (Lipinski definition) is 4. The summed E-state index contributed by atoms with van der Waals surface area (Å²) in [5.74, 6) is 0.0978. The number of benzene rings is 1. The zero-order valence-electron chi connectivity index (χ0n) is 10.2. The predicted molar refractivity (Wildman–Crippen MR) is 68.7 cm³/mol. The predicted octanol–water partition coefficient (Wildman–Crippen LogP) is 0.667. The summed E-state index contributed by atoms with van der Waals surface area (Å²) in [5, 5.41) is 7.20. The van der Waals surface area contributed by atoms with Crippen LogP contribution in [0.25, 0.3) is 0 Å². The molecule has 1 aromatic carbocycles. The summed E-state index contributed by atoms with van der Waals surface area (Å²) in [6, 6.07) is 8.22. The van der Waals surface area contributed by atoms with Crippen molar-refractivity contribution in [1.82, 2.24) is 4.90 Å². The van der Waals surface area contributed by atoms with Crippen molar-refractivity contribution in [3.8, 4) is 0 Å². The second-order valence-corrected chi connectivity index (χ2v) is 4.57. The molecule has 0 aliphatic heterocycles. The first-order chi connectivity index (χ1) is 8.09. The van der Waals surface area contributed by atoms with Gasteiger partial charge in [-0.05, 0) is 12.5 Å². The molecular formula is C10H17N3O4S. The first kappa shape index (κ1) is 16.4. The van der Waals surface area contributed by atoms with Crippen LogP contribution in [0.5, 0.6) is 0 Å². The maximum atomic E-state index is 8.74. The Morgan fingerprint density at radius 3 is 2.06 bits per heavy atom. The standard InChI is InChI=1S/C10H15N3.H2O4S/c1-8-3-5-9(6-4-8)7-13(2)10(11)12;1-5(2,3)4/h3-6H,7H2,1-2H3,(H3,11,12);(H2,1,2,3,4). The Hall–Kier alpha value is -1.64. The van der Waals surface area contributed by atoms with Gasteiger partial charge in [-0.25, -0.2) is 0 Å². The van der Waals surface area contributed by atoms with E-state index in [0.717, 1.165) is 0 Å². The lowest BCUT2D eigenvalue weighted by molar-refractivity contribution is 0.381. The molecule has 0 radical (unpaired) electrons. The lowest BCUT2D eigenvalue weighted by Gasteiger charge is -2.16. The fourth-order valence-electron chi connectivity index (χ4n) is 1.05.